The van der Waals surface area contributed by atoms with Crippen LogP contribution in [0.1, 0.15) is 49.1 Å². The molecule has 2 aliphatic rings. The molecule has 1 saturated heterocycles. The predicted molar refractivity (Wildman–Crippen MR) is 177 cm³/mol. The molecule has 5 aromatic rings. The molecule has 1 fully saturated rings. The van der Waals surface area contributed by atoms with Gasteiger partial charge in [0.25, 0.3) is 5.56 Å². The molecule has 2 atom stereocenters. The van der Waals surface area contributed by atoms with E-state index in [9.17, 15) is 9.59 Å². The first kappa shape index (κ1) is 29.2. The zero-order valence-corrected chi connectivity index (χ0v) is 26.7. The van der Waals surface area contributed by atoms with Gasteiger partial charge in [-0.2, -0.15) is 0 Å². The van der Waals surface area contributed by atoms with E-state index in [1.165, 1.54) is 12.1 Å². The zero-order chi connectivity index (χ0) is 31.9. The monoisotopic (exact) mass is 624 g/mol. The van der Waals surface area contributed by atoms with Crippen LogP contribution < -0.4 is 10.5 Å². The number of imidazole rings is 1. The average molecular weight is 625 g/mol. The fraction of sp³-hybridized carbons (Fsp3) is 0.314. The van der Waals surface area contributed by atoms with Crippen molar-refractivity contribution in [1.29, 1.82) is 0 Å². The van der Waals surface area contributed by atoms with Crippen molar-refractivity contribution in [3.05, 3.63) is 93.0 Å². The molecule has 7 rings (SSSR count). The van der Waals surface area contributed by atoms with E-state index in [-0.39, 0.29) is 40.1 Å². The second-order valence-corrected chi connectivity index (χ2v) is 12.9. The molecule has 1 amide bonds. The Balaban J connectivity index is 1.61. The van der Waals surface area contributed by atoms with Gasteiger partial charge in [0.1, 0.15) is 5.82 Å². The summed E-state index contributed by atoms with van der Waals surface area (Å²) in [7, 11) is 0. The van der Waals surface area contributed by atoms with Crippen LogP contribution in [0.4, 0.5) is 10.1 Å². The number of benzene rings is 2. The molecule has 8 nitrogen and oxygen atoms in total. The normalized spacial score (nSPS) is 17.8. The number of carbonyl (C=O) groups is 1. The Labute approximate surface area is 265 Å². The van der Waals surface area contributed by atoms with Gasteiger partial charge in [0, 0.05) is 53.8 Å². The molecule has 5 heterocycles. The summed E-state index contributed by atoms with van der Waals surface area (Å²) < 4.78 is 18.3. The van der Waals surface area contributed by atoms with E-state index in [0.29, 0.717) is 58.4 Å². The molecular formula is C35H34ClFN6O2. The van der Waals surface area contributed by atoms with E-state index in [1.54, 1.807) is 22.0 Å². The third kappa shape index (κ3) is 4.24. The molecule has 3 aromatic heterocycles. The number of halogens is 2. The van der Waals surface area contributed by atoms with E-state index in [4.69, 9.17) is 16.6 Å². The van der Waals surface area contributed by atoms with Gasteiger partial charge in [-0.15, -0.1) is 0 Å². The number of nitrogens with zero attached hydrogens (tertiary/aromatic N) is 5. The second-order valence-electron chi connectivity index (χ2n) is 12.5. The quantitative estimate of drug-likeness (QED) is 0.227. The Kier molecular flexibility index (Phi) is 6.85. The van der Waals surface area contributed by atoms with E-state index < -0.39 is 5.82 Å². The standard InChI is InChI=1S/C35H34ClFN6O2/c1-7-26(44)41-15-21-12-23-33(42(21)14-20(41)6)22-13-24(37)28(27-18(4)8-9-25-31(27)40-16-39-25)29(36)34(22)43(35(23)45)32-19(5)10-11-38-30(32)17(2)3/h7-11,13,16-17,20-21H,1,12,14-15H2,2-6H3,(H,39,40). The first-order valence-electron chi connectivity index (χ1n) is 15.2. The van der Waals surface area contributed by atoms with Crippen molar-refractivity contribution in [3.63, 3.8) is 0 Å². The molecular weight excluding hydrogens is 591 g/mol. The van der Waals surface area contributed by atoms with Crippen LogP contribution in [0.15, 0.2) is 54.2 Å². The van der Waals surface area contributed by atoms with Crippen LogP contribution in [0.5, 0.6) is 0 Å². The summed E-state index contributed by atoms with van der Waals surface area (Å²) in [6.07, 6.45) is 5.07. The largest absolute Gasteiger partial charge is 0.363 e. The van der Waals surface area contributed by atoms with Crippen molar-refractivity contribution in [2.24, 2.45) is 0 Å². The Hall–Kier alpha value is -4.50. The number of pyridine rings is 2. The minimum absolute atomic E-state index is 0.000462. The first-order valence-corrected chi connectivity index (χ1v) is 15.6. The van der Waals surface area contributed by atoms with Crippen molar-refractivity contribution in [2.45, 2.75) is 59.0 Å². The zero-order valence-electron chi connectivity index (χ0n) is 25.9. The Morgan fingerprint density at radius 2 is 1.91 bits per heavy atom. The summed E-state index contributed by atoms with van der Waals surface area (Å²) in [5.74, 6) is -0.642. The summed E-state index contributed by atoms with van der Waals surface area (Å²) in [6.45, 7) is 14.5. The van der Waals surface area contributed by atoms with Gasteiger partial charge in [0.05, 0.1) is 51.0 Å². The number of piperazine rings is 1. The molecule has 0 bridgehead atoms. The number of amides is 1. The van der Waals surface area contributed by atoms with Gasteiger partial charge >= 0.3 is 0 Å². The number of hydrogen-bond acceptors (Lipinski definition) is 5. The van der Waals surface area contributed by atoms with Crippen LogP contribution in [-0.2, 0) is 11.2 Å². The Morgan fingerprint density at radius 3 is 2.64 bits per heavy atom. The van der Waals surface area contributed by atoms with E-state index in [1.807, 2.05) is 52.8 Å². The van der Waals surface area contributed by atoms with Gasteiger partial charge in [0.15, 0.2) is 0 Å². The number of nitrogens with one attached hydrogen (secondary N) is 1. The molecule has 0 saturated carbocycles. The van der Waals surface area contributed by atoms with Crippen molar-refractivity contribution in [2.75, 3.05) is 18.0 Å². The maximum absolute atomic E-state index is 16.7. The van der Waals surface area contributed by atoms with Crippen molar-refractivity contribution in [3.8, 4) is 16.8 Å². The number of aromatic amines is 1. The van der Waals surface area contributed by atoms with Gasteiger partial charge < -0.3 is 14.8 Å². The molecule has 0 radical (unpaired) electrons. The topological polar surface area (TPSA) is 87.1 Å². The average Bonchev–Trinajstić information content (AvgIpc) is 3.63. The predicted octanol–water partition coefficient (Wildman–Crippen LogP) is 6.61. The summed E-state index contributed by atoms with van der Waals surface area (Å²) >= 11 is 7.38. The van der Waals surface area contributed by atoms with Crippen LogP contribution in [0.25, 0.3) is 38.8 Å². The highest BCUT2D eigenvalue weighted by molar-refractivity contribution is 6.39. The lowest BCUT2D eigenvalue weighted by molar-refractivity contribution is -0.128. The molecule has 2 aromatic carbocycles. The Bertz CT molecular complexity index is 2130. The number of aryl methyl sites for hydroxylation is 2. The van der Waals surface area contributed by atoms with Crippen LogP contribution in [0, 0.1) is 19.7 Å². The minimum atomic E-state index is -0.498. The van der Waals surface area contributed by atoms with Gasteiger partial charge in [-0.05, 0) is 62.1 Å². The smallest absolute Gasteiger partial charge is 0.261 e. The summed E-state index contributed by atoms with van der Waals surface area (Å²) in [5, 5.41) is 0.692. The number of carbonyl (C=O) groups excluding carboxylic acids is 1. The lowest BCUT2D eigenvalue weighted by Gasteiger charge is -2.43. The van der Waals surface area contributed by atoms with Crippen LogP contribution in [0.2, 0.25) is 5.02 Å². The molecule has 10 heteroatoms. The highest BCUT2D eigenvalue weighted by Gasteiger charge is 2.42. The number of anilines is 1. The third-order valence-electron chi connectivity index (χ3n) is 9.42. The van der Waals surface area contributed by atoms with E-state index in [2.05, 4.69) is 21.4 Å². The summed E-state index contributed by atoms with van der Waals surface area (Å²) in [5.41, 5.74) is 6.68. The second kappa shape index (κ2) is 10.5. The minimum Gasteiger partial charge on any atom is -0.363 e. The number of aromatic nitrogens is 4. The molecule has 1 N–H and O–H groups in total. The van der Waals surface area contributed by atoms with Gasteiger partial charge in [-0.25, -0.2) is 9.37 Å². The molecule has 0 spiro atoms. The first-order chi connectivity index (χ1) is 21.5. The molecule has 0 aliphatic carbocycles. The fourth-order valence-electron chi connectivity index (χ4n) is 7.32. The summed E-state index contributed by atoms with van der Waals surface area (Å²) in [4.78, 5) is 43.8. The molecule has 2 unspecified atom stereocenters. The van der Waals surface area contributed by atoms with E-state index >= 15 is 4.39 Å². The number of hydrogen-bond donors (Lipinski definition) is 1. The Morgan fingerprint density at radius 1 is 1.13 bits per heavy atom. The van der Waals surface area contributed by atoms with Gasteiger partial charge in [-0.3, -0.25) is 19.1 Å². The van der Waals surface area contributed by atoms with Crippen molar-refractivity contribution >= 4 is 45.1 Å². The molecule has 230 valence electrons. The molecule has 2 aliphatic heterocycles. The van der Waals surface area contributed by atoms with Crippen LogP contribution in [0.3, 0.4) is 0 Å². The summed E-state index contributed by atoms with van der Waals surface area (Å²) in [6, 6.07) is 6.93. The lowest BCUT2D eigenvalue weighted by Crippen LogP contribution is -2.57. The van der Waals surface area contributed by atoms with Crippen molar-refractivity contribution in [1.82, 2.24) is 24.4 Å². The number of rotatable bonds is 4. The van der Waals surface area contributed by atoms with Gasteiger partial charge in [0.2, 0.25) is 5.91 Å². The maximum Gasteiger partial charge on any atom is 0.261 e. The highest BCUT2D eigenvalue weighted by atomic mass is 35.5. The van der Waals surface area contributed by atoms with Crippen LogP contribution in [-0.4, -0.2) is 55.5 Å². The SMILES string of the molecule is C=CC(=O)N1CC2Cc3c(c4cc(F)c(-c5c(C)ccc6[nH]cnc56)c(Cl)c4n(-c4c(C)ccnc4C(C)C)c3=O)N2CC1C. The number of fused-ring (bicyclic) bond motifs is 6. The fourth-order valence-corrected chi connectivity index (χ4v) is 7.69. The third-order valence-corrected chi connectivity index (χ3v) is 9.79. The maximum atomic E-state index is 16.7. The molecule has 45 heavy (non-hydrogen) atoms. The van der Waals surface area contributed by atoms with Crippen molar-refractivity contribution < 1.29 is 9.18 Å². The lowest BCUT2D eigenvalue weighted by atomic mass is 9.95. The van der Waals surface area contributed by atoms with E-state index in [0.717, 1.165) is 22.3 Å². The van der Waals surface area contributed by atoms with Gasteiger partial charge in [-0.1, -0.05) is 38.1 Å². The number of H-pyrrole nitrogens is 1. The highest BCUT2D eigenvalue weighted by Crippen LogP contribution is 2.47. The van der Waals surface area contributed by atoms with Crippen LogP contribution >= 0.6 is 11.6 Å².